The topological polar surface area (TPSA) is 50.4 Å². The van der Waals surface area contributed by atoms with Crippen molar-refractivity contribution in [3.63, 3.8) is 0 Å². The summed E-state index contributed by atoms with van der Waals surface area (Å²) in [7, 11) is -2.68. The van der Waals surface area contributed by atoms with E-state index in [9.17, 15) is 4.89 Å². The van der Waals surface area contributed by atoms with Crippen LogP contribution in [0.15, 0.2) is 0 Å². The number of hydrogen-bond donors (Lipinski definition) is 2. The summed E-state index contributed by atoms with van der Waals surface area (Å²) in [5.74, 6) is 1.56. The van der Waals surface area contributed by atoms with Crippen LogP contribution in [0.5, 0.6) is 0 Å². The van der Waals surface area contributed by atoms with Crippen molar-refractivity contribution in [1.82, 2.24) is 14.8 Å². The first-order valence-corrected chi connectivity index (χ1v) is 9.43. The van der Waals surface area contributed by atoms with Crippen LogP contribution in [0.2, 0.25) is 0 Å². The average molecular weight is 314 g/mol. The minimum Gasteiger partial charge on any atom is -0.636 e. The molecule has 2 N–H and O–H groups in total. The van der Waals surface area contributed by atoms with Crippen molar-refractivity contribution in [1.29, 1.82) is 0 Å². The quantitative estimate of drug-likeness (QED) is 0.597. The summed E-state index contributed by atoms with van der Waals surface area (Å²) in [5.41, 5.74) is 0. The molecule has 1 saturated carbocycles. The van der Waals surface area contributed by atoms with Gasteiger partial charge in [-0.15, -0.1) is 27.9 Å². The van der Waals surface area contributed by atoms with E-state index in [4.69, 9.17) is 23.2 Å². The van der Waals surface area contributed by atoms with Crippen molar-refractivity contribution < 1.29 is 4.89 Å². The van der Waals surface area contributed by atoms with Gasteiger partial charge in [-0.3, -0.25) is 0 Å². The molecule has 106 valence electrons. The van der Waals surface area contributed by atoms with E-state index in [-0.39, 0.29) is 0 Å². The second kappa shape index (κ2) is 7.03. The Bertz CT molecular complexity index is 269. The summed E-state index contributed by atoms with van der Waals surface area (Å²) in [4.78, 5) is 13.0. The van der Waals surface area contributed by atoms with Crippen molar-refractivity contribution in [2.45, 2.75) is 31.7 Å². The maximum Gasteiger partial charge on any atom is 0.180 e. The zero-order valence-corrected chi connectivity index (χ0v) is 13.0. The minimum absolute atomic E-state index is 0.388. The van der Waals surface area contributed by atoms with Crippen molar-refractivity contribution in [3.05, 3.63) is 0 Å². The highest BCUT2D eigenvalue weighted by molar-refractivity contribution is 7.62. The Morgan fingerprint density at radius 1 is 1.17 bits per heavy atom. The first-order chi connectivity index (χ1) is 8.69. The Labute approximate surface area is 120 Å². The zero-order chi connectivity index (χ0) is 13.0. The first-order valence-electron chi connectivity index (χ1n) is 6.70. The molecule has 4 nitrogen and oxygen atoms in total. The van der Waals surface area contributed by atoms with Crippen LogP contribution in [0.3, 0.4) is 0 Å². The number of rotatable bonds is 5. The number of nitrogens with one attached hydrogen (secondary N) is 2. The molecule has 1 heterocycles. The molecule has 3 atom stereocenters. The van der Waals surface area contributed by atoms with Crippen molar-refractivity contribution in [3.8, 4) is 0 Å². The Kier molecular flexibility index (Phi) is 5.95. The van der Waals surface area contributed by atoms with Gasteiger partial charge in [0.05, 0.1) is 0 Å². The van der Waals surface area contributed by atoms with Gasteiger partial charge in [0.2, 0.25) is 0 Å². The van der Waals surface area contributed by atoms with Gasteiger partial charge < -0.3 is 4.89 Å². The van der Waals surface area contributed by atoms with Gasteiger partial charge in [0.1, 0.15) is 0 Å². The molecule has 1 aliphatic heterocycles. The summed E-state index contributed by atoms with van der Waals surface area (Å²) in [6, 6.07) is 0.388. The number of alkyl halides is 2. The van der Waals surface area contributed by atoms with E-state index in [1.807, 2.05) is 4.67 Å². The summed E-state index contributed by atoms with van der Waals surface area (Å²) < 4.78 is 1.89. The average Bonchev–Trinajstić information content (AvgIpc) is 2.38. The molecule has 18 heavy (non-hydrogen) atoms. The third kappa shape index (κ3) is 3.49. The van der Waals surface area contributed by atoms with Crippen LogP contribution in [0, 0.1) is 5.92 Å². The van der Waals surface area contributed by atoms with Gasteiger partial charge in [0.25, 0.3) is 0 Å². The van der Waals surface area contributed by atoms with Gasteiger partial charge in [-0.2, -0.15) is 10.2 Å². The van der Waals surface area contributed by atoms with Gasteiger partial charge in [0, 0.05) is 37.4 Å². The van der Waals surface area contributed by atoms with Crippen LogP contribution in [-0.4, -0.2) is 42.1 Å². The fourth-order valence-electron chi connectivity index (χ4n) is 2.90. The molecular formula is C11H22Cl2N3OP. The molecule has 0 aromatic carbocycles. The maximum atomic E-state index is 13.0. The molecule has 0 spiro atoms. The SMILES string of the molecule is [O-][P+]1(N(CCCl)CCCl)NC[C@H]2CCCC[C@H]2N1. The van der Waals surface area contributed by atoms with E-state index in [2.05, 4.69) is 10.2 Å². The number of nitrogens with zero attached hydrogens (tertiary/aromatic N) is 1. The van der Waals surface area contributed by atoms with Gasteiger partial charge in [-0.25, -0.2) is 0 Å². The van der Waals surface area contributed by atoms with E-state index in [0.29, 0.717) is 36.8 Å². The second-order valence-electron chi connectivity index (χ2n) is 5.05. The summed E-state index contributed by atoms with van der Waals surface area (Å²) in [6.07, 6.45) is 4.89. The molecule has 0 aromatic heterocycles. The molecule has 0 amide bonds. The predicted octanol–water partition coefficient (Wildman–Crippen LogP) is 1.56. The van der Waals surface area contributed by atoms with Crippen LogP contribution in [-0.2, 0) is 0 Å². The third-order valence-electron chi connectivity index (χ3n) is 3.90. The molecular weight excluding hydrogens is 292 g/mol. The van der Waals surface area contributed by atoms with Crippen molar-refractivity contribution in [2.75, 3.05) is 31.4 Å². The molecule has 0 aromatic rings. The van der Waals surface area contributed by atoms with Crippen LogP contribution >= 0.6 is 31.1 Å². The lowest BCUT2D eigenvalue weighted by molar-refractivity contribution is -0.192. The number of halogens is 2. The Morgan fingerprint density at radius 3 is 2.50 bits per heavy atom. The van der Waals surface area contributed by atoms with Gasteiger partial charge in [-0.05, 0) is 18.8 Å². The van der Waals surface area contributed by atoms with Crippen LogP contribution < -0.4 is 15.1 Å². The lowest BCUT2D eigenvalue weighted by Gasteiger charge is -2.48. The first kappa shape index (κ1) is 15.2. The van der Waals surface area contributed by atoms with Crippen molar-refractivity contribution in [2.24, 2.45) is 5.92 Å². The summed E-state index contributed by atoms with van der Waals surface area (Å²) in [6.45, 7) is 2.04. The number of fused-ring (bicyclic) bond motifs is 1. The van der Waals surface area contributed by atoms with Crippen molar-refractivity contribution >= 4 is 31.1 Å². The fourth-order valence-corrected chi connectivity index (χ4v) is 6.04. The standard InChI is InChI=1S/C11H22Cl2N3OP/c12-5-7-16(8-6-13)18(17)14-9-10-3-1-2-4-11(10)15-18/h10-11H,1-9H2,(H2,14,15,17)/t10-,11-,18?/m1/s1. The molecule has 2 fully saturated rings. The normalized spacial score (nSPS) is 36.7. The minimum atomic E-state index is -2.68. The summed E-state index contributed by atoms with van der Waals surface area (Å²) >= 11 is 11.6. The molecule has 1 unspecified atom stereocenters. The van der Waals surface area contributed by atoms with E-state index in [1.165, 1.54) is 19.3 Å². The van der Waals surface area contributed by atoms with Crippen LogP contribution in [0.1, 0.15) is 25.7 Å². The van der Waals surface area contributed by atoms with Gasteiger partial charge >= 0.3 is 0 Å². The van der Waals surface area contributed by atoms with E-state index in [0.717, 1.165) is 13.0 Å². The zero-order valence-electron chi connectivity index (χ0n) is 10.6. The Balaban J connectivity index is 2.00. The second-order valence-corrected chi connectivity index (χ2v) is 8.10. The third-order valence-corrected chi connectivity index (χ3v) is 6.73. The largest absolute Gasteiger partial charge is 0.636 e. The lowest BCUT2D eigenvalue weighted by atomic mass is 9.85. The molecule has 2 rings (SSSR count). The highest BCUT2D eigenvalue weighted by Gasteiger charge is 2.44. The summed E-state index contributed by atoms with van der Waals surface area (Å²) in [5, 5.41) is 6.57. The number of hydrogen-bond acceptors (Lipinski definition) is 4. The Morgan fingerprint density at radius 2 is 1.83 bits per heavy atom. The van der Waals surface area contributed by atoms with Gasteiger partial charge in [0.15, 0.2) is 7.94 Å². The highest BCUT2D eigenvalue weighted by atomic mass is 35.5. The van der Waals surface area contributed by atoms with E-state index < -0.39 is 7.94 Å². The maximum absolute atomic E-state index is 13.0. The lowest BCUT2D eigenvalue weighted by Crippen LogP contribution is -2.59. The fraction of sp³-hybridized carbons (Fsp3) is 1.00. The molecule has 7 heteroatoms. The highest BCUT2D eigenvalue weighted by Crippen LogP contribution is 2.50. The smallest absolute Gasteiger partial charge is 0.180 e. The molecule has 1 aliphatic carbocycles. The monoisotopic (exact) mass is 313 g/mol. The molecule has 1 saturated heterocycles. The molecule has 2 aliphatic rings. The van der Waals surface area contributed by atoms with E-state index in [1.54, 1.807) is 0 Å². The predicted molar refractivity (Wildman–Crippen MR) is 76.8 cm³/mol. The Hall–Kier alpha value is 0.850. The molecule has 0 bridgehead atoms. The van der Waals surface area contributed by atoms with Crippen LogP contribution in [0.25, 0.3) is 0 Å². The van der Waals surface area contributed by atoms with Gasteiger partial charge in [-0.1, -0.05) is 12.8 Å². The van der Waals surface area contributed by atoms with E-state index >= 15 is 0 Å². The van der Waals surface area contributed by atoms with Crippen LogP contribution in [0.4, 0.5) is 0 Å². The molecule has 0 radical (unpaired) electrons.